The van der Waals surface area contributed by atoms with Gasteiger partial charge in [-0.25, -0.2) is 0 Å². The van der Waals surface area contributed by atoms with Gasteiger partial charge < -0.3 is 38.6 Å². The van der Waals surface area contributed by atoms with Crippen molar-refractivity contribution in [2.75, 3.05) is 92.5 Å². The number of aliphatic hydroxyl groups is 2. The highest BCUT2D eigenvalue weighted by molar-refractivity contribution is 4.36. The Labute approximate surface area is 171 Å². The molecule has 2 N–H and O–H groups in total. The van der Waals surface area contributed by atoms with Gasteiger partial charge in [0.25, 0.3) is 0 Å². The van der Waals surface area contributed by atoms with Crippen molar-refractivity contribution >= 4 is 0 Å². The molecule has 0 aliphatic carbocycles. The van der Waals surface area contributed by atoms with Crippen molar-refractivity contribution in [3.8, 4) is 0 Å². The Balaban J connectivity index is 0. The molecule has 0 amide bonds. The van der Waals surface area contributed by atoms with E-state index in [4.69, 9.17) is 38.6 Å². The molecule has 0 unspecified atom stereocenters. The average molecular weight is 413 g/mol. The van der Waals surface area contributed by atoms with E-state index in [-0.39, 0.29) is 13.2 Å². The van der Waals surface area contributed by atoms with Crippen LogP contribution in [0.2, 0.25) is 0 Å². The quantitative estimate of drug-likeness (QED) is 0.259. The van der Waals surface area contributed by atoms with E-state index < -0.39 is 0 Å². The molecule has 0 aliphatic rings. The van der Waals surface area contributed by atoms with E-state index in [1.165, 1.54) is 0 Å². The Morgan fingerprint density at radius 3 is 0.893 bits per heavy atom. The molecule has 0 aromatic carbocycles. The summed E-state index contributed by atoms with van der Waals surface area (Å²) >= 11 is 0. The molecule has 0 aromatic rings. The van der Waals surface area contributed by atoms with Crippen LogP contribution in [-0.4, -0.2) is 103 Å². The predicted octanol–water partition coefficient (Wildman–Crippen LogP) is 1.66. The first-order valence-corrected chi connectivity index (χ1v) is 10.5. The van der Waals surface area contributed by atoms with Crippen molar-refractivity contribution in [3.05, 3.63) is 0 Å². The van der Waals surface area contributed by atoms with E-state index in [1.807, 2.05) is 0 Å². The monoisotopic (exact) mass is 412 g/mol. The highest BCUT2D eigenvalue weighted by atomic mass is 16.6. The third-order valence-corrected chi connectivity index (χ3v) is 3.24. The van der Waals surface area contributed by atoms with Crippen molar-refractivity contribution in [1.82, 2.24) is 0 Å². The van der Waals surface area contributed by atoms with Gasteiger partial charge in [-0.3, -0.25) is 0 Å². The minimum absolute atomic E-state index is 0.0696. The Bertz CT molecular complexity index is 196. The molecule has 8 nitrogen and oxygen atoms in total. The summed E-state index contributed by atoms with van der Waals surface area (Å²) in [6, 6.07) is 0. The fourth-order valence-electron chi connectivity index (χ4n) is 1.71. The van der Waals surface area contributed by atoms with Crippen molar-refractivity contribution in [2.24, 2.45) is 0 Å². The standard InChI is InChI=1S/2C10H22O4/c2*1-2-3-5-12-7-9-14-10-8-13-6-4-11/h2*11H,2-10H2,1H3. The van der Waals surface area contributed by atoms with Gasteiger partial charge in [0.2, 0.25) is 0 Å². The van der Waals surface area contributed by atoms with Gasteiger partial charge >= 0.3 is 0 Å². The number of unbranched alkanes of at least 4 members (excludes halogenated alkanes) is 2. The largest absolute Gasteiger partial charge is 0.394 e. The van der Waals surface area contributed by atoms with E-state index >= 15 is 0 Å². The van der Waals surface area contributed by atoms with Gasteiger partial charge in [0.1, 0.15) is 0 Å². The molecule has 28 heavy (non-hydrogen) atoms. The molecule has 0 saturated carbocycles. The second-order valence-electron chi connectivity index (χ2n) is 5.83. The molecule has 0 atom stereocenters. The van der Waals surface area contributed by atoms with Crippen LogP contribution < -0.4 is 0 Å². The van der Waals surface area contributed by atoms with Gasteiger partial charge in [0.15, 0.2) is 0 Å². The van der Waals surface area contributed by atoms with Gasteiger partial charge in [0.05, 0.1) is 79.3 Å². The van der Waals surface area contributed by atoms with Crippen LogP contribution >= 0.6 is 0 Å². The minimum atomic E-state index is 0.0696. The van der Waals surface area contributed by atoms with Crippen molar-refractivity contribution in [2.45, 2.75) is 39.5 Å². The first kappa shape index (κ1) is 29.9. The third kappa shape index (κ3) is 33.3. The lowest BCUT2D eigenvalue weighted by atomic mass is 10.4. The first-order chi connectivity index (χ1) is 13.8. The summed E-state index contributed by atoms with van der Waals surface area (Å²) in [7, 11) is 0. The first-order valence-electron chi connectivity index (χ1n) is 10.5. The number of ether oxygens (including phenoxy) is 6. The molecule has 0 fully saturated rings. The Morgan fingerprint density at radius 1 is 0.393 bits per heavy atom. The second kappa shape index (κ2) is 31.4. The molecule has 172 valence electrons. The summed E-state index contributed by atoms with van der Waals surface area (Å²) in [6.07, 6.45) is 4.55. The van der Waals surface area contributed by atoms with Gasteiger partial charge in [-0.1, -0.05) is 26.7 Å². The molecule has 8 heteroatoms. The van der Waals surface area contributed by atoms with Gasteiger partial charge in [-0.15, -0.1) is 0 Å². The third-order valence-electron chi connectivity index (χ3n) is 3.24. The molecule has 0 spiro atoms. The number of hydrogen-bond donors (Lipinski definition) is 2. The fourth-order valence-corrected chi connectivity index (χ4v) is 1.71. The molecular weight excluding hydrogens is 368 g/mol. The van der Waals surface area contributed by atoms with E-state index in [2.05, 4.69) is 13.8 Å². The number of aliphatic hydroxyl groups excluding tert-OH is 2. The number of hydrogen-bond acceptors (Lipinski definition) is 8. The highest BCUT2D eigenvalue weighted by Crippen LogP contribution is 1.88. The SMILES string of the molecule is CCCCOCCOCCOCCO.CCCCOCCOCCOCCO. The lowest BCUT2D eigenvalue weighted by Gasteiger charge is -2.05. The summed E-state index contributed by atoms with van der Waals surface area (Å²) < 4.78 is 31.1. The predicted molar refractivity (Wildman–Crippen MR) is 109 cm³/mol. The molecule has 0 rings (SSSR count). The van der Waals surface area contributed by atoms with Crippen LogP contribution in [0.3, 0.4) is 0 Å². The Morgan fingerprint density at radius 2 is 0.643 bits per heavy atom. The summed E-state index contributed by atoms with van der Waals surface area (Å²) in [5, 5.41) is 16.8. The smallest absolute Gasteiger partial charge is 0.0701 e. The van der Waals surface area contributed by atoms with Crippen LogP contribution in [0.5, 0.6) is 0 Å². The van der Waals surface area contributed by atoms with Crippen molar-refractivity contribution in [3.63, 3.8) is 0 Å². The molecule has 0 bridgehead atoms. The number of rotatable bonds is 22. The van der Waals surface area contributed by atoms with Crippen LogP contribution in [0, 0.1) is 0 Å². The van der Waals surface area contributed by atoms with Crippen LogP contribution in [0.25, 0.3) is 0 Å². The molecule has 0 heterocycles. The van der Waals surface area contributed by atoms with E-state index in [1.54, 1.807) is 0 Å². The zero-order valence-electron chi connectivity index (χ0n) is 18.1. The summed E-state index contributed by atoms with van der Waals surface area (Å²) in [6.45, 7) is 11.6. The maximum absolute atomic E-state index is 8.40. The highest BCUT2D eigenvalue weighted by Gasteiger charge is 1.91. The van der Waals surface area contributed by atoms with E-state index in [9.17, 15) is 0 Å². The van der Waals surface area contributed by atoms with Crippen LogP contribution in [-0.2, 0) is 28.4 Å². The normalized spacial score (nSPS) is 10.7. The molecule has 0 aliphatic heterocycles. The molecule has 0 aromatic heterocycles. The molecule has 0 radical (unpaired) electrons. The Kier molecular flexibility index (Phi) is 33.5. The average Bonchev–Trinajstić information content (AvgIpc) is 2.71. The molecular formula is C20H44O8. The van der Waals surface area contributed by atoms with Crippen molar-refractivity contribution < 1.29 is 38.6 Å². The van der Waals surface area contributed by atoms with Crippen molar-refractivity contribution in [1.29, 1.82) is 0 Å². The minimum Gasteiger partial charge on any atom is -0.394 e. The second-order valence-corrected chi connectivity index (χ2v) is 5.83. The van der Waals surface area contributed by atoms with E-state index in [0.29, 0.717) is 66.1 Å². The van der Waals surface area contributed by atoms with Crippen LogP contribution in [0.1, 0.15) is 39.5 Å². The Hall–Kier alpha value is -0.320. The fraction of sp³-hybridized carbons (Fsp3) is 1.00. The zero-order chi connectivity index (χ0) is 21.0. The lowest BCUT2D eigenvalue weighted by Crippen LogP contribution is -2.11. The van der Waals surface area contributed by atoms with E-state index in [0.717, 1.165) is 38.9 Å². The van der Waals surface area contributed by atoms with Crippen LogP contribution in [0.4, 0.5) is 0 Å². The summed E-state index contributed by atoms with van der Waals surface area (Å²) in [5.41, 5.74) is 0. The summed E-state index contributed by atoms with van der Waals surface area (Å²) in [5.74, 6) is 0. The van der Waals surface area contributed by atoms with Gasteiger partial charge in [-0.2, -0.15) is 0 Å². The maximum atomic E-state index is 8.40. The lowest BCUT2D eigenvalue weighted by molar-refractivity contribution is 0.00735. The maximum Gasteiger partial charge on any atom is 0.0701 e. The van der Waals surface area contributed by atoms with Gasteiger partial charge in [0, 0.05) is 13.2 Å². The zero-order valence-corrected chi connectivity index (χ0v) is 18.1. The van der Waals surface area contributed by atoms with Gasteiger partial charge in [-0.05, 0) is 12.8 Å². The van der Waals surface area contributed by atoms with Crippen LogP contribution in [0.15, 0.2) is 0 Å². The summed E-state index contributed by atoms with van der Waals surface area (Å²) in [4.78, 5) is 0. The molecule has 0 saturated heterocycles. The topological polar surface area (TPSA) is 95.8 Å².